The van der Waals surface area contributed by atoms with Gasteiger partial charge in [0.1, 0.15) is 0 Å². The molecule has 0 heterocycles. The first-order valence-corrected chi connectivity index (χ1v) is 22.7. The number of allylic oxidation sites excluding steroid dienone is 3. The fourth-order valence-corrected chi connectivity index (χ4v) is 13.8. The summed E-state index contributed by atoms with van der Waals surface area (Å²) in [6.45, 7) is 25.1. The fraction of sp³-hybridized carbons (Fsp3) is 0.833. The van der Waals surface area contributed by atoms with Gasteiger partial charge in [0.2, 0.25) is 6.43 Å². The van der Waals surface area contributed by atoms with Crippen LogP contribution < -0.4 is 0 Å². The Bertz CT molecular complexity index is 840. The molecule has 42 heavy (non-hydrogen) atoms. The number of hydrogen-bond donors (Lipinski definition) is 0. The van der Waals surface area contributed by atoms with Gasteiger partial charge in [-0.15, -0.1) is 0 Å². The molecule has 0 spiro atoms. The average Bonchev–Trinajstić information content (AvgIpc) is 2.96. The van der Waals surface area contributed by atoms with Crippen LogP contribution in [0.15, 0.2) is 35.5 Å². The Balaban J connectivity index is 2.44. The van der Waals surface area contributed by atoms with Crippen molar-refractivity contribution in [2.75, 3.05) is 0 Å². The summed E-state index contributed by atoms with van der Waals surface area (Å²) in [5.41, 5.74) is 4.21. The third-order valence-corrected chi connectivity index (χ3v) is 20.7. The van der Waals surface area contributed by atoms with Gasteiger partial charge < -0.3 is 8.85 Å². The van der Waals surface area contributed by atoms with Gasteiger partial charge in [-0.1, -0.05) is 98.6 Å². The summed E-state index contributed by atoms with van der Waals surface area (Å²) in [4.78, 5) is 0. The largest absolute Gasteiger partial charge is 0.410 e. The summed E-state index contributed by atoms with van der Waals surface area (Å²) in [5, 5.41) is 0. The first kappa shape index (κ1) is 37.6. The van der Waals surface area contributed by atoms with E-state index in [1.807, 2.05) is 6.92 Å². The van der Waals surface area contributed by atoms with E-state index in [2.05, 4.69) is 74.1 Å². The lowest BCUT2D eigenvalue weighted by molar-refractivity contribution is 0.0746. The Morgan fingerprint density at radius 1 is 0.881 bits per heavy atom. The molecule has 0 aromatic heterocycles. The third kappa shape index (κ3) is 9.71. The molecule has 2 rings (SSSR count). The lowest BCUT2D eigenvalue weighted by Gasteiger charge is -2.45. The zero-order chi connectivity index (χ0) is 31.6. The Hall–Kier alpha value is -0.566. The Morgan fingerprint density at radius 3 is 1.81 bits per heavy atom. The topological polar surface area (TPSA) is 18.5 Å². The van der Waals surface area contributed by atoms with E-state index in [9.17, 15) is 8.78 Å². The highest BCUT2D eigenvalue weighted by Crippen LogP contribution is 2.50. The summed E-state index contributed by atoms with van der Waals surface area (Å²) in [7, 11) is -3.63. The average molecular weight is 625 g/mol. The molecule has 244 valence electrons. The van der Waals surface area contributed by atoms with Crippen LogP contribution in [0.1, 0.15) is 120 Å². The molecule has 0 amide bonds. The predicted molar refractivity (Wildman–Crippen MR) is 183 cm³/mol. The van der Waals surface area contributed by atoms with E-state index in [1.165, 1.54) is 16.7 Å². The van der Waals surface area contributed by atoms with E-state index >= 15 is 0 Å². The molecule has 2 aliphatic rings. The zero-order valence-corrected chi connectivity index (χ0v) is 30.9. The molecular weight excluding hydrogens is 559 g/mol. The van der Waals surface area contributed by atoms with E-state index in [-0.39, 0.29) is 30.0 Å². The van der Waals surface area contributed by atoms with Crippen molar-refractivity contribution in [3.8, 4) is 0 Å². The maximum atomic E-state index is 13.2. The van der Waals surface area contributed by atoms with Gasteiger partial charge in [0.15, 0.2) is 16.6 Å². The highest BCUT2D eigenvalue weighted by atomic mass is 28.4. The van der Waals surface area contributed by atoms with Gasteiger partial charge in [0.05, 0.1) is 12.2 Å². The number of hydrogen-bond acceptors (Lipinski definition) is 2. The lowest BCUT2D eigenvalue weighted by atomic mass is 9.60. The monoisotopic (exact) mass is 624 g/mol. The summed E-state index contributed by atoms with van der Waals surface area (Å²) in [5.74, 6) is 0.513. The molecule has 2 saturated carbocycles. The molecule has 0 radical (unpaired) electrons. The molecule has 2 fully saturated rings. The fourth-order valence-electron chi connectivity index (χ4n) is 8.17. The summed E-state index contributed by atoms with van der Waals surface area (Å²) >= 11 is 0. The van der Waals surface area contributed by atoms with Crippen molar-refractivity contribution in [2.24, 2.45) is 17.3 Å². The van der Waals surface area contributed by atoms with Gasteiger partial charge in [-0.25, -0.2) is 8.78 Å². The second-order valence-electron chi connectivity index (χ2n) is 14.0. The van der Waals surface area contributed by atoms with Crippen molar-refractivity contribution < 1.29 is 17.6 Å². The van der Waals surface area contributed by atoms with Crippen LogP contribution in [0.5, 0.6) is 0 Å². The smallest absolute Gasteiger partial charge is 0.238 e. The molecule has 0 aliphatic heterocycles. The standard InChI is InChI=1S/C36H66F2O2Si2/c1-11-19-32-31(20-18-23-36(32,10)27-28(8)24-35(37)38)22-21-30-25-33(39-41(12-2,13-3)14-4)29(9)34(26-30)40-42(15-5,16-6)17-7/h21-22,28,32-35H,9,11-20,23-27H2,1-8,10H3/b31-22+/t28-,32+,33-,34-,36-/m1/s1. The van der Waals surface area contributed by atoms with Crippen LogP contribution in [0, 0.1) is 17.3 Å². The highest BCUT2D eigenvalue weighted by molar-refractivity contribution is 6.74. The number of rotatable bonds is 17. The highest BCUT2D eigenvalue weighted by Gasteiger charge is 2.42. The molecule has 2 aliphatic carbocycles. The first-order chi connectivity index (χ1) is 19.9. The van der Waals surface area contributed by atoms with Crippen molar-refractivity contribution in [3.05, 3.63) is 35.5 Å². The van der Waals surface area contributed by atoms with Gasteiger partial charge in [-0.3, -0.25) is 0 Å². The van der Waals surface area contributed by atoms with Gasteiger partial charge >= 0.3 is 0 Å². The van der Waals surface area contributed by atoms with Crippen LogP contribution in [0.25, 0.3) is 0 Å². The second kappa shape index (κ2) is 17.2. The van der Waals surface area contributed by atoms with Gasteiger partial charge in [0, 0.05) is 6.42 Å². The van der Waals surface area contributed by atoms with Crippen molar-refractivity contribution in [1.29, 1.82) is 0 Å². The maximum Gasteiger partial charge on any atom is 0.238 e. The predicted octanol–water partition coefficient (Wildman–Crippen LogP) is 12.3. The molecule has 2 nitrogen and oxygen atoms in total. The second-order valence-corrected chi connectivity index (χ2v) is 23.5. The van der Waals surface area contributed by atoms with E-state index in [1.54, 1.807) is 0 Å². The minimum Gasteiger partial charge on any atom is -0.410 e. The quantitative estimate of drug-likeness (QED) is 0.118. The van der Waals surface area contributed by atoms with Crippen LogP contribution in [0.2, 0.25) is 36.3 Å². The maximum absolute atomic E-state index is 13.2. The lowest BCUT2D eigenvalue weighted by Crippen LogP contribution is -2.47. The molecule has 0 aromatic rings. The van der Waals surface area contributed by atoms with E-state index < -0.39 is 23.1 Å². The molecule has 0 bridgehead atoms. The molecule has 0 N–H and O–H groups in total. The molecule has 6 heteroatoms. The molecule has 0 saturated heterocycles. The first-order valence-electron chi connectivity index (χ1n) is 17.6. The van der Waals surface area contributed by atoms with Gasteiger partial charge in [-0.2, -0.15) is 0 Å². The van der Waals surface area contributed by atoms with E-state index in [0.29, 0.717) is 5.92 Å². The summed E-state index contributed by atoms with van der Waals surface area (Å²) < 4.78 is 40.7. The van der Waals surface area contributed by atoms with E-state index in [0.717, 1.165) is 87.6 Å². The van der Waals surface area contributed by atoms with Crippen molar-refractivity contribution >= 4 is 16.6 Å². The molecule has 0 aromatic carbocycles. The Kier molecular flexibility index (Phi) is 15.4. The summed E-state index contributed by atoms with van der Waals surface area (Å²) in [6.07, 6.45) is 11.1. The van der Waals surface area contributed by atoms with Crippen LogP contribution in [0.4, 0.5) is 8.78 Å². The minimum absolute atomic E-state index is 0.0143. The van der Waals surface area contributed by atoms with Gasteiger partial charge in [-0.05, 0) is 104 Å². The van der Waals surface area contributed by atoms with Crippen LogP contribution in [-0.4, -0.2) is 35.3 Å². The molecule has 5 atom stereocenters. The van der Waals surface area contributed by atoms with Crippen LogP contribution >= 0.6 is 0 Å². The van der Waals surface area contributed by atoms with Gasteiger partial charge in [0.25, 0.3) is 0 Å². The number of alkyl halides is 2. The van der Waals surface area contributed by atoms with E-state index in [4.69, 9.17) is 8.85 Å². The SMILES string of the molecule is C=C1[C@H](O[Si](CC)(CC)CC)CC(=C/C=C2\CCC[C@](C)(C[C@H](C)CC(F)F)[C@H]2CCC)C[C@H]1O[Si](CC)(CC)CC. The van der Waals surface area contributed by atoms with Crippen LogP contribution in [0.3, 0.4) is 0 Å². The van der Waals surface area contributed by atoms with Crippen molar-refractivity contribution in [3.63, 3.8) is 0 Å². The molecule has 0 unspecified atom stereocenters. The van der Waals surface area contributed by atoms with Crippen molar-refractivity contribution in [2.45, 2.75) is 175 Å². The third-order valence-electron chi connectivity index (χ3n) is 11.4. The minimum atomic E-state index is -2.22. The zero-order valence-electron chi connectivity index (χ0n) is 28.9. The van der Waals surface area contributed by atoms with Crippen molar-refractivity contribution in [1.82, 2.24) is 0 Å². The Morgan fingerprint density at radius 2 is 1.38 bits per heavy atom. The van der Waals surface area contributed by atoms with Crippen LogP contribution in [-0.2, 0) is 8.85 Å². The summed E-state index contributed by atoms with van der Waals surface area (Å²) in [6, 6.07) is 6.82. The molecular formula is C36H66F2O2Si2. The number of halogens is 2. The Labute approximate surface area is 261 Å². The normalized spacial score (nSPS) is 27.6.